The summed E-state index contributed by atoms with van der Waals surface area (Å²) in [5.74, 6) is 0.886. The second-order valence-electron chi connectivity index (χ2n) is 5.24. The van der Waals surface area contributed by atoms with Crippen LogP contribution in [0.3, 0.4) is 0 Å². The van der Waals surface area contributed by atoms with Crippen LogP contribution < -0.4 is 5.32 Å². The molecule has 0 amide bonds. The lowest BCUT2D eigenvalue weighted by Gasteiger charge is -2.21. The first-order valence-electron chi connectivity index (χ1n) is 7.32. The zero-order chi connectivity index (χ0) is 15.9. The summed E-state index contributed by atoms with van der Waals surface area (Å²) in [4.78, 5) is 15.0. The number of aryl methyl sites for hydroxylation is 2. The smallest absolute Gasteiger partial charge is 0.193 e. The highest BCUT2D eigenvalue weighted by Gasteiger charge is 2.08. The van der Waals surface area contributed by atoms with Crippen LogP contribution in [0.15, 0.2) is 28.8 Å². The molecule has 2 rings (SSSR count). The van der Waals surface area contributed by atoms with E-state index in [2.05, 4.69) is 43.5 Å². The highest BCUT2D eigenvalue weighted by Crippen LogP contribution is 2.10. The molecular formula is C16H23N5S. The predicted octanol–water partition coefficient (Wildman–Crippen LogP) is 2.40. The molecule has 0 saturated heterocycles. The first-order chi connectivity index (χ1) is 10.6. The monoisotopic (exact) mass is 317 g/mol. The number of aromatic nitrogens is 2. The number of nitrogens with zero attached hydrogens (tertiary/aromatic N) is 4. The van der Waals surface area contributed by atoms with E-state index >= 15 is 0 Å². The van der Waals surface area contributed by atoms with E-state index in [1.807, 2.05) is 33.4 Å². The lowest BCUT2D eigenvalue weighted by molar-refractivity contribution is 0.471. The Morgan fingerprint density at radius 3 is 2.86 bits per heavy atom. The molecule has 0 atom stereocenters. The van der Waals surface area contributed by atoms with E-state index in [1.165, 1.54) is 11.1 Å². The van der Waals surface area contributed by atoms with Crippen molar-refractivity contribution in [2.75, 3.05) is 20.6 Å². The lowest BCUT2D eigenvalue weighted by atomic mass is 10.1. The van der Waals surface area contributed by atoms with Crippen LogP contribution in [0.5, 0.6) is 0 Å². The van der Waals surface area contributed by atoms with Crippen molar-refractivity contribution in [3.63, 3.8) is 0 Å². The summed E-state index contributed by atoms with van der Waals surface area (Å²) in [6.07, 6.45) is 4.70. The van der Waals surface area contributed by atoms with Crippen molar-refractivity contribution < 1.29 is 0 Å². The third-order valence-corrected chi connectivity index (χ3v) is 4.28. The van der Waals surface area contributed by atoms with Gasteiger partial charge in [-0.3, -0.25) is 9.98 Å². The number of aliphatic imine (C=N–C) groups is 1. The Morgan fingerprint density at radius 2 is 2.23 bits per heavy atom. The molecule has 0 radical (unpaired) electrons. The molecule has 0 aliphatic heterocycles. The van der Waals surface area contributed by atoms with Crippen LogP contribution in [0.4, 0.5) is 0 Å². The number of thiazole rings is 1. The van der Waals surface area contributed by atoms with Gasteiger partial charge in [-0.05, 0) is 37.5 Å². The van der Waals surface area contributed by atoms with Gasteiger partial charge in [0.25, 0.3) is 0 Å². The minimum Gasteiger partial charge on any atom is -0.356 e. The summed E-state index contributed by atoms with van der Waals surface area (Å²) in [5, 5.41) is 6.60. The van der Waals surface area contributed by atoms with Gasteiger partial charge >= 0.3 is 0 Å². The zero-order valence-electron chi connectivity index (χ0n) is 13.6. The fourth-order valence-electron chi connectivity index (χ4n) is 2.28. The van der Waals surface area contributed by atoms with Gasteiger partial charge in [0.2, 0.25) is 0 Å². The second-order valence-corrected chi connectivity index (χ2v) is 6.30. The molecule has 0 bridgehead atoms. The summed E-state index contributed by atoms with van der Waals surface area (Å²) in [7, 11) is 3.84. The summed E-state index contributed by atoms with van der Waals surface area (Å²) < 4.78 is 0. The third-order valence-electron chi connectivity index (χ3n) is 3.45. The Morgan fingerprint density at radius 1 is 1.41 bits per heavy atom. The van der Waals surface area contributed by atoms with E-state index in [4.69, 9.17) is 0 Å². The fraction of sp³-hybridized carbons (Fsp3) is 0.438. The average molecular weight is 317 g/mol. The predicted molar refractivity (Wildman–Crippen MR) is 92.4 cm³/mol. The van der Waals surface area contributed by atoms with Crippen molar-refractivity contribution in [2.45, 2.75) is 26.8 Å². The van der Waals surface area contributed by atoms with Crippen molar-refractivity contribution in [3.8, 4) is 0 Å². The van der Waals surface area contributed by atoms with Crippen molar-refractivity contribution in [2.24, 2.45) is 4.99 Å². The summed E-state index contributed by atoms with van der Waals surface area (Å²) >= 11 is 1.68. The minimum absolute atomic E-state index is 0.762. The van der Waals surface area contributed by atoms with Crippen LogP contribution in [0.1, 0.15) is 21.8 Å². The lowest BCUT2D eigenvalue weighted by Crippen LogP contribution is -2.39. The van der Waals surface area contributed by atoms with E-state index < -0.39 is 0 Å². The van der Waals surface area contributed by atoms with Crippen molar-refractivity contribution in [1.82, 2.24) is 20.2 Å². The van der Waals surface area contributed by atoms with Gasteiger partial charge in [-0.15, -0.1) is 11.3 Å². The highest BCUT2D eigenvalue weighted by molar-refractivity contribution is 7.09. The molecule has 1 N–H and O–H groups in total. The number of rotatable bonds is 5. The van der Waals surface area contributed by atoms with Crippen molar-refractivity contribution >= 4 is 17.3 Å². The van der Waals surface area contributed by atoms with Crippen LogP contribution in [0.25, 0.3) is 0 Å². The molecule has 0 saturated carbocycles. The molecular weight excluding hydrogens is 294 g/mol. The van der Waals surface area contributed by atoms with Gasteiger partial charge in [-0.25, -0.2) is 4.98 Å². The molecule has 0 fully saturated rings. The number of hydrogen-bond donors (Lipinski definition) is 1. The minimum atomic E-state index is 0.762. The Bertz CT molecular complexity index is 635. The van der Waals surface area contributed by atoms with E-state index in [0.717, 1.165) is 36.2 Å². The van der Waals surface area contributed by atoms with Gasteiger partial charge in [-0.1, -0.05) is 0 Å². The van der Waals surface area contributed by atoms with Crippen LogP contribution in [-0.4, -0.2) is 41.5 Å². The SMILES string of the molecule is CN=C(NCCc1ccncc1C)N(C)Cc1csc(C)n1. The Kier molecular flexibility index (Phi) is 5.89. The molecule has 0 aliphatic rings. The first-order valence-corrected chi connectivity index (χ1v) is 8.20. The molecule has 2 aromatic heterocycles. The second kappa shape index (κ2) is 7.89. The number of pyridine rings is 1. The molecule has 0 unspecified atom stereocenters. The summed E-state index contributed by atoms with van der Waals surface area (Å²) in [5.41, 5.74) is 3.62. The molecule has 5 nitrogen and oxygen atoms in total. The van der Waals surface area contributed by atoms with Gasteiger partial charge in [-0.2, -0.15) is 0 Å². The van der Waals surface area contributed by atoms with Crippen LogP contribution in [-0.2, 0) is 13.0 Å². The number of guanidine groups is 1. The molecule has 2 aromatic rings. The third kappa shape index (κ3) is 4.53. The van der Waals surface area contributed by atoms with Crippen LogP contribution >= 0.6 is 11.3 Å². The van der Waals surface area contributed by atoms with E-state index in [9.17, 15) is 0 Å². The molecule has 22 heavy (non-hydrogen) atoms. The van der Waals surface area contributed by atoms with E-state index in [0.29, 0.717) is 0 Å². The summed E-state index contributed by atoms with van der Waals surface area (Å²) in [6.45, 7) is 5.72. The maximum Gasteiger partial charge on any atom is 0.193 e. The van der Waals surface area contributed by atoms with E-state index in [1.54, 1.807) is 11.3 Å². The van der Waals surface area contributed by atoms with Gasteiger partial charge in [0, 0.05) is 38.4 Å². The van der Waals surface area contributed by atoms with Crippen molar-refractivity contribution in [3.05, 3.63) is 45.7 Å². The average Bonchev–Trinajstić information content (AvgIpc) is 2.90. The highest BCUT2D eigenvalue weighted by atomic mass is 32.1. The number of nitrogens with one attached hydrogen (secondary N) is 1. The van der Waals surface area contributed by atoms with Crippen LogP contribution in [0, 0.1) is 13.8 Å². The summed E-state index contributed by atoms with van der Waals surface area (Å²) in [6, 6.07) is 2.07. The maximum absolute atomic E-state index is 4.49. The largest absolute Gasteiger partial charge is 0.356 e. The topological polar surface area (TPSA) is 53.4 Å². The van der Waals surface area contributed by atoms with Gasteiger partial charge in [0.1, 0.15) is 0 Å². The molecule has 0 aromatic carbocycles. The fourth-order valence-corrected chi connectivity index (χ4v) is 2.88. The Balaban J connectivity index is 1.85. The molecule has 6 heteroatoms. The molecule has 118 valence electrons. The quantitative estimate of drug-likeness (QED) is 0.680. The Hall–Kier alpha value is -1.95. The number of hydrogen-bond acceptors (Lipinski definition) is 4. The zero-order valence-corrected chi connectivity index (χ0v) is 14.4. The molecule has 0 spiro atoms. The first kappa shape index (κ1) is 16.4. The van der Waals surface area contributed by atoms with Gasteiger partial charge < -0.3 is 10.2 Å². The van der Waals surface area contributed by atoms with Gasteiger partial charge in [0.05, 0.1) is 17.2 Å². The molecule has 2 heterocycles. The maximum atomic E-state index is 4.49. The van der Waals surface area contributed by atoms with Gasteiger partial charge in [0.15, 0.2) is 5.96 Å². The normalized spacial score (nSPS) is 11.5. The standard InChI is InChI=1S/C16H23N5S/c1-12-9-18-7-5-14(12)6-8-19-16(17-3)21(4)10-15-11-22-13(2)20-15/h5,7,9,11H,6,8,10H2,1-4H3,(H,17,19). The van der Waals surface area contributed by atoms with E-state index in [-0.39, 0.29) is 0 Å². The Labute approximate surface area is 136 Å². The van der Waals surface area contributed by atoms with Crippen molar-refractivity contribution in [1.29, 1.82) is 0 Å². The van der Waals surface area contributed by atoms with Crippen LogP contribution in [0.2, 0.25) is 0 Å². The molecule has 0 aliphatic carbocycles.